The van der Waals surface area contributed by atoms with Gasteiger partial charge in [-0.2, -0.15) is 0 Å². The van der Waals surface area contributed by atoms with E-state index in [2.05, 4.69) is 40.5 Å². The minimum absolute atomic E-state index is 0.112. The number of hydrogen-bond donors (Lipinski definition) is 3. The summed E-state index contributed by atoms with van der Waals surface area (Å²) in [6.45, 7) is 3.13. The fourth-order valence-electron chi connectivity index (χ4n) is 4.06. The molecule has 0 radical (unpaired) electrons. The van der Waals surface area contributed by atoms with Crippen molar-refractivity contribution < 1.29 is 9.90 Å². The van der Waals surface area contributed by atoms with E-state index in [1.807, 2.05) is 37.3 Å². The van der Waals surface area contributed by atoms with Crippen molar-refractivity contribution in [2.75, 3.05) is 19.7 Å². The third kappa shape index (κ3) is 5.59. The molecule has 0 spiro atoms. The normalized spacial score (nSPS) is 17.3. The first-order valence-electron chi connectivity index (χ1n) is 11.7. The number of pyridine rings is 1. The summed E-state index contributed by atoms with van der Waals surface area (Å²) in [6.07, 6.45) is 5.08. The summed E-state index contributed by atoms with van der Waals surface area (Å²) in [4.78, 5) is 39.7. The van der Waals surface area contributed by atoms with E-state index >= 15 is 0 Å². The molecule has 1 aliphatic rings. The molecule has 36 heavy (non-hydrogen) atoms. The number of amides is 1. The van der Waals surface area contributed by atoms with Gasteiger partial charge in [0.2, 0.25) is 0 Å². The van der Waals surface area contributed by atoms with Crippen molar-refractivity contribution in [3.63, 3.8) is 0 Å². The summed E-state index contributed by atoms with van der Waals surface area (Å²) < 4.78 is 0. The molecule has 5 heterocycles. The lowest BCUT2D eigenvalue weighted by molar-refractivity contribution is 0.0848. The van der Waals surface area contributed by atoms with Gasteiger partial charge in [0, 0.05) is 36.4 Å². The Morgan fingerprint density at radius 1 is 1.08 bits per heavy atom. The van der Waals surface area contributed by atoms with Crippen LogP contribution in [-0.2, 0) is 12.8 Å². The zero-order valence-corrected chi connectivity index (χ0v) is 20.6. The van der Waals surface area contributed by atoms with Crippen molar-refractivity contribution in [3.05, 3.63) is 81.7 Å². The zero-order valence-electron chi connectivity index (χ0n) is 19.8. The molecular formula is C25H26N8O2S. The molecule has 1 atom stereocenters. The summed E-state index contributed by atoms with van der Waals surface area (Å²) in [5, 5.41) is 18.3. The highest BCUT2D eigenvalue weighted by Gasteiger charge is 2.35. The predicted molar refractivity (Wildman–Crippen MR) is 135 cm³/mol. The van der Waals surface area contributed by atoms with Crippen molar-refractivity contribution in [3.8, 4) is 11.5 Å². The van der Waals surface area contributed by atoms with E-state index < -0.39 is 5.54 Å². The second kappa shape index (κ2) is 10.5. The van der Waals surface area contributed by atoms with Gasteiger partial charge in [0.25, 0.3) is 5.91 Å². The standard InChI is InChI=1S/C25H26N8O2S/c1-16-3-2-4-19(29-16)23-28-9-6-18(31-23)11-17-5-8-27-21(30-17)12-22-32-20(13-36-22)24(35)33-25(15-34)7-10-26-14-25/h2-6,8-9,13,26,34H,7,10-12,14-15H2,1H3,(H,33,35). The SMILES string of the molecule is Cc1cccc(-c2nccc(Cc3ccnc(Cc4nc(C(=O)NC5(CO)CCNC5)cs4)n3)n2)n1. The van der Waals surface area contributed by atoms with Gasteiger partial charge in [-0.3, -0.25) is 4.79 Å². The second-order valence-corrected chi connectivity index (χ2v) is 9.74. The Labute approximate surface area is 212 Å². The van der Waals surface area contributed by atoms with Gasteiger partial charge < -0.3 is 15.7 Å². The van der Waals surface area contributed by atoms with Crippen LogP contribution in [0, 0.1) is 6.92 Å². The van der Waals surface area contributed by atoms with Crippen molar-refractivity contribution in [1.29, 1.82) is 0 Å². The van der Waals surface area contributed by atoms with Crippen LogP contribution in [0.1, 0.15) is 44.8 Å². The van der Waals surface area contributed by atoms with Crippen LogP contribution in [0.4, 0.5) is 0 Å². The second-order valence-electron chi connectivity index (χ2n) is 8.80. The molecule has 1 aliphatic heterocycles. The highest BCUT2D eigenvalue weighted by molar-refractivity contribution is 7.09. The molecule has 184 valence electrons. The van der Waals surface area contributed by atoms with Crippen LogP contribution in [0.15, 0.2) is 48.1 Å². The molecule has 1 saturated heterocycles. The fraction of sp³-hybridized carbons (Fsp3) is 0.320. The van der Waals surface area contributed by atoms with Crippen LogP contribution >= 0.6 is 11.3 Å². The number of nitrogens with one attached hydrogen (secondary N) is 2. The van der Waals surface area contributed by atoms with E-state index in [1.165, 1.54) is 11.3 Å². The lowest BCUT2D eigenvalue weighted by Crippen LogP contribution is -2.53. The first-order valence-corrected chi connectivity index (χ1v) is 12.6. The van der Waals surface area contributed by atoms with E-state index in [-0.39, 0.29) is 12.5 Å². The van der Waals surface area contributed by atoms with E-state index in [9.17, 15) is 9.90 Å². The minimum atomic E-state index is -0.630. The lowest BCUT2D eigenvalue weighted by Gasteiger charge is -2.26. The molecule has 0 bridgehead atoms. The van der Waals surface area contributed by atoms with E-state index in [0.29, 0.717) is 43.1 Å². The van der Waals surface area contributed by atoms with E-state index in [4.69, 9.17) is 0 Å². The molecule has 0 aromatic carbocycles. The van der Waals surface area contributed by atoms with Gasteiger partial charge in [-0.25, -0.2) is 29.9 Å². The Morgan fingerprint density at radius 3 is 2.69 bits per heavy atom. The number of aryl methyl sites for hydroxylation is 1. The first kappa shape index (κ1) is 24.0. The molecular weight excluding hydrogens is 476 g/mol. The number of hydrogen-bond acceptors (Lipinski definition) is 10. The Balaban J connectivity index is 1.25. The number of rotatable bonds is 8. The fourth-order valence-corrected chi connectivity index (χ4v) is 4.83. The van der Waals surface area contributed by atoms with Gasteiger partial charge in [-0.05, 0) is 44.2 Å². The predicted octanol–water partition coefficient (Wildman–Crippen LogP) is 1.73. The highest BCUT2D eigenvalue weighted by atomic mass is 32.1. The molecule has 5 rings (SSSR count). The van der Waals surface area contributed by atoms with Crippen molar-refractivity contribution >= 4 is 17.2 Å². The molecule has 10 nitrogen and oxygen atoms in total. The van der Waals surface area contributed by atoms with Crippen LogP contribution < -0.4 is 10.6 Å². The summed E-state index contributed by atoms with van der Waals surface area (Å²) in [5.41, 5.74) is 3.01. The van der Waals surface area contributed by atoms with Gasteiger partial charge in [-0.15, -0.1) is 11.3 Å². The average molecular weight is 503 g/mol. The van der Waals surface area contributed by atoms with Crippen molar-refractivity contribution in [1.82, 2.24) is 40.5 Å². The Bertz CT molecular complexity index is 1370. The maximum atomic E-state index is 12.7. The monoisotopic (exact) mass is 502 g/mol. The number of aliphatic hydroxyl groups is 1. The topological polar surface area (TPSA) is 139 Å². The summed E-state index contributed by atoms with van der Waals surface area (Å²) >= 11 is 1.39. The summed E-state index contributed by atoms with van der Waals surface area (Å²) in [5.74, 6) is 0.915. The van der Waals surface area contributed by atoms with Crippen LogP contribution in [0.2, 0.25) is 0 Å². The molecule has 3 N–H and O–H groups in total. The quantitative estimate of drug-likeness (QED) is 0.329. The molecule has 11 heteroatoms. The Hall–Kier alpha value is -3.67. The Kier molecular flexibility index (Phi) is 7.03. The van der Waals surface area contributed by atoms with E-state index in [1.54, 1.807) is 17.8 Å². The third-order valence-electron chi connectivity index (χ3n) is 5.97. The summed E-state index contributed by atoms with van der Waals surface area (Å²) in [7, 11) is 0. The molecule has 1 fully saturated rings. The van der Waals surface area contributed by atoms with E-state index in [0.717, 1.165) is 34.3 Å². The van der Waals surface area contributed by atoms with Gasteiger partial charge in [0.15, 0.2) is 5.82 Å². The van der Waals surface area contributed by atoms with Gasteiger partial charge in [0.05, 0.1) is 30.0 Å². The van der Waals surface area contributed by atoms with Gasteiger partial charge in [0.1, 0.15) is 22.2 Å². The maximum Gasteiger partial charge on any atom is 0.271 e. The lowest BCUT2D eigenvalue weighted by atomic mass is 10.00. The smallest absolute Gasteiger partial charge is 0.271 e. The largest absolute Gasteiger partial charge is 0.394 e. The maximum absolute atomic E-state index is 12.7. The minimum Gasteiger partial charge on any atom is -0.394 e. The Morgan fingerprint density at radius 2 is 1.92 bits per heavy atom. The molecule has 4 aromatic rings. The third-order valence-corrected chi connectivity index (χ3v) is 6.82. The molecule has 0 aliphatic carbocycles. The number of thiazole rings is 1. The molecule has 1 unspecified atom stereocenters. The number of nitrogens with zero attached hydrogens (tertiary/aromatic N) is 6. The van der Waals surface area contributed by atoms with Crippen LogP contribution in [-0.4, -0.2) is 66.2 Å². The number of carbonyl (C=O) groups is 1. The van der Waals surface area contributed by atoms with Crippen molar-refractivity contribution in [2.45, 2.75) is 31.7 Å². The van der Waals surface area contributed by atoms with Crippen LogP contribution in [0.3, 0.4) is 0 Å². The average Bonchev–Trinajstić information content (AvgIpc) is 3.55. The van der Waals surface area contributed by atoms with Crippen LogP contribution in [0.25, 0.3) is 11.5 Å². The first-order chi connectivity index (χ1) is 17.5. The number of carbonyl (C=O) groups excluding carboxylic acids is 1. The molecule has 1 amide bonds. The molecule has 0 saturated carbocycles. The summed E-state index contributed by atoms with van der Waals surface area (Å²) in [6, 6.07) is 9.50. The van der Waals surface area contributed by atoms with Gasteiger partial charge in [-0.1, -0.05) is 6.07 Å². The number of aliphatic hydroxyl groups excluding tert-OH is 1. The zero-order chi connectivity index (χ0) is 25.0. The van der Waals surface area contributed by atoms with Gasteiger partial charge >= 0.3 is 0 Å². The van der Waals surface area contributed by atoms with Crippen LogP contribution in [0.5, 0.6) is 0 Å². The van der Waals surface area contributed by atoms with Crippen molar-refractivity contribution in [2.24, 2.45) is 0 Å². The highest BCUT2D eigenvalue weighted by Crippen LogP contribution is 2.18. The molecule has 4 aromatic heterocycles. The number of aromatic nitrogens is 6.